The fourth-order valence-corrected chi connectivity index (χ4v) is 3.05. The van der Waals surface area contributed by atoms with E-state index >= 15 is 0 Å². The predicted molar refractivity (Wildman–Crippen MR) is 94.2 cm³/mol. The predicted octanol–water partition coefficient (Wildman–Crippen LogP) is 3.76. The van der Waals surface area contributed by atoms with E-state index in [0.29, 0.717) is 11.1 Å². The number of nitrogens with zero attached hydrogens (tertiary/aromatic N) is 1. The quantitative estimate of drug-likeness (QED) is 0.641. The van der Waals surface area contributed by atoms with E-state index < -0.39 is 18.3 Å². The molecule has 0 aliphatic carbocycles. The highest BCUT2D eigenvalue weighted by Crippen LogP contribution is 2.37. The number of nitriles is 1. The van der Waals surface area contributed by atoms with E-state index in [1.807, 2.05) is 58.0 Å². The molecule has 0 spiro atoms. The van der Waals surface area contributed by atoms with Crippen molar-refractivity contribution in [3.05, 3.63) is 42.0 Å². The fraction of sp³-hybridized carbons (Fsp3) is 0.316. The summed E-state index contributed by atoms with van der Waals surface area (Å²) in [5.74, 6) is 0. The largest absolute Gasteiger partial charge is 0.494 e. The second-order valence-corrected chi connectivity index (χ2v) is 7.24. The molecular weight excluding hydrogens is 301 g/mol. The number of hydrogen-bond acceptors (Lipinski definition) is 4. The van der Waals surface area contributed by atoms with Gasteiger partial charge in [0.1, 0.15) is 11.7 Å². The second-order valence-electron chi connectivity index (χ2n) is 7.24. The first-order chi connectivity index (χ1) is 11.3. The summed E-state index contributed by atoms with van der Waals surface area (Å²) < 4.78 is 18.1. The second kappa shape index (κ2) is 4.86. The zero-order valence-electron chi connectivity index (χ0n) is 14.2. The van der Waals surface area contributed by atoms with Crippen LogP contribution >= 0.6 is 0 Å². The summed E-state index contributed by atoms with van der Waals surface area (Å²) in [7, 11) is -0.500. The van der Waals surface area contributed by atoms with Crippen molar-refractivity contribution in [3.8, 4) is 6.07 Å². The number of fused-ring (bicyclic) bond motifs is 3. The molecule has 0 unspecified atom stereocenters. The van der Waals surface area contributed by atoms with Gasteiger partial charge in [0.25, 0.3) is 0 Å². The van der Waals surface area contributed by atoms with Crippen molar-refractivity contribution in [3.63, 3.8) is 0 Å². The molecule has 1 aliphatic heterocycles. The molecule has 1 saturated heterocycles. The van der Waals surface area contributed by atoms with Gasteiger partial charge in [-0.15, -0.1) is 0 Å². The van der Waals surface area contributed by atoms with Crippen molar-refractivity contribution < 1.29 is 13.7 Å². The van der Waals surface area contributed by atoms with E-state index in [0.717, 1.165) is 21.8 Å². The molecule has 4 nitrogen and oxygen atoms in total. The van der Waals surface area contributed by atoms with Crippen LogP contribution in [0.1, 0.15) is 33.3 Å². The highest BCUT2D eigenvalue weighted by atomic mass is 16.7. The molecule has 120 valence electrons. The third-order valence-electron chi connectivity index (χ3n) is 5.15. The average Bonchev–Trinajstić information content (AvgIpc) is 3.01. The van der Waals surface area contributed by atoms with Gasteiger partial charge in [-0.05, 0) is 45.3 Å². The zero-order valence-corrected chi connectivity index (χ0v) is 14.2. The Labute approximate surface area is 141 Å². The van der Waals surface area contributed by atoms with Crippen LogP contribution in [0.25, 0.3) is 21.9 Å². The lowest BCUT2D eigenvalue weighted by molar-refractivity contribution is 0.00578. The molecule has 0 bridgehead atoms. The maximum absolute atomic E-state index is 9.54. The first-order valence-corrected chi connectivity index (χ1v) is 8.03. The van der Waals surface area contributed by atoms with Crippen LogP contribution in [0, 0.1) is 11.3 Å². The maximum Gasteiger partial charge on any atom is 0.494 e. The van der Waals surface area contributed by atoms with Crippen molar-refractivity contribution in [2.24, 2.45) is 0 Å². The molecule has 1 aromatic heterocycles. The third kappa shape index (κ3) is 2.07. The summed E-state index contributed by atoms with van der Waals surface area (Å²) in [6.07, 6.45) is 0. The molecular formula is C19H18BNO3. The van der Waals surface area contributed by atoms with Crippen LogP contribution < -0.4 is 5.46 Å². The van der Waals surface area contributed by atoms with Gasteiger partial charge in [0, 0.05) is 10.8 Å². The smallest absolute Gasteiger partial charge is 0.455 e. The van der Waals surface area contributed by atoms with Crippen LogP contribution in [0.5, 0.6) is 0 Å². The van der Waals surface area contributed by atoms with Crippen LogP contribution in [0.2, 0.25) is 0 Å². The molecule has 5 heteroatoms. The van der Waals surface area contributed by atoms with E-state index in [4.69, 9.17) is 13.7 Å². The van der Waals surface area contributed by atoms with Crippen LogP contribution in [0.3, 0.4) is 0 Å². The van der Waals surface area contributed by atoms with Crippen molar-refractivity contribution in [1.29, 1.82) is 5.26 Å². The number of hydrogen-bond donors (Lipinski definition) is 0. The van der Waals surface area contributed by atoms with Crippen LogP contribution in [0.15, 0.2) is 40.8 Å². The van der Waals surface area contributed by atoms with Crippen LogP contribution in [0.4, 0.5) is 0 Å². The van der Waals surface area contributed by atoms with Gasteiger partial charge in [0.15, 0.2) is 5.58 Å². The van der Waals surface area contributed by atoms with E-state index in [9.17, 15) is 5.26 Å². The molecule has 2 heterocycles. The minimum absolute atomic E-state index is 0.419. The molecule has 0 radical (unpaired) electrons. The van der Waals surface area contributed by atoms with Gasteiger partial charge < -0.3 is 13.7 Å². The molecule has 4 rings (SSSR count). The molecule has 0 N–H and O–H groups in total. The molecule has 3 aromatic rings. The number of rotatable bonds is 1. The Kier molecular flexibility index (Phi) is 3.09. The van der Waals surface area contributed by atoms with Crippen molar-refractivity contribution in [2.75, 3.05) is 0 Å². The monoisotopic (exact) mass is 319 g/mol. The molecule has 24 heavy (non-hydrogen) atoms. The highest BCUT2D eigenvalue weighted by molar-refractivity contribution is 6.62. The zero-order chi connectivity index (χ0) is 17.1. The van der Waals surface area contributed by atoms with Gasteiger partial charge in [0.2, 0.25) is 0 Å². The summed E-state index contributed by atoms with van der Waals surface area (Å²) >= 11 is 0. The summed E-state index contributed by atoms with van der Waals surface area (Å²) in [6.45, 7) is 8.07. The maximum atomic E-state index is 9.54. The molecule has 2 aromatic carbocycles. The van der Waals surface area contributed by atoms with Gasteiger partial charge in [-0.2, -0.15) is 5.26 Å². The van der Waals surface area contributed by atoms with E-state index in [1.165, 1.54) is 0 Å². The molecule has 0 amide bonds. The lowest BCUT2D eigenvalue weighted by Crippen LogP contribution is -2.41. The van der Waals surface area contributed by atoms with E-state index in [2.05, 4.69) is 6.07 Å². The first kappa shape index (κ1) is 15.3. The van der Waals surface area contributed by atoms with E-state index in [1.54, 1.807) is 6.07 Å². The standard InChI is InChI=1S/C19H18BNO3/c1-18(2)19(3,4)24-20(23-18)13-9-12(11-21)17-15(10-13)14-7-5-6-8-16(14)22-17/h5-10H,1-4H3. The summed E-state index contributed by atoms with van der Waals surface area (Å²) in [6, 6.07) is 13.8. The molecule has 0 saturated carbocycles. The average molecular weight is 319 g/mol. The van der Waals surface area contributed by atoms with Gasteiger partial charge in [-0.25, -0.2) is 0 Å². The van der Waals surface area contributed by atoms with Crippen molar-refractivity contribution >= 4 is 34.5 Å². The fourth-order valence-electron chi connectivity index (χ4n) is 3.05. The SMILES string of the molecule is CC1(C)OB(c2cc(C#N)c3oc4ccccc4c3c2)OC1(C)C. The normalized spacial score (nSPS) is 19.0. The van der Waals surface area contributed by atoms with Gasteiger partial charge in [0.05, 0.1) is 16.8 Å². The Balaban J connectivity index is 1.92. The molecule has 1 aliphatic rings. The number of para-hydroxylation sites is 1. The third-order valence-corrected chi connectivity index (χ3v) is 5.15. The Hall–Kier alpha value is -2.29. The Morgan fingerprint density at radius 2 is 1.62 bits per heavy atom. The highest BCUT2D eigenvalue weighted by Gasteiger charge is 2.51. The minimum atomic E-state index is -0.500. The topological polar surface area (TPSA) is 55.4 Å². The Bertz CT molecular complexity index is 981. The molecule has 1 fully saturated rings. The Morgan fingerprint density at radius 1 is 0.958 bits per heavy atom. The van der Waals surface area contributed by atoms with Gasteiger partial charge in [-0.3, -0.25) is 0 Å². The number of furan rings is 1. The lowest BCUT2D eigenvalue weighted by atomic mass is 9.77. The van der Waals surface area contributed by atoms with Crippen LogP contribution in [-0.2, 0) is 9.31 Å². The van der Waals surface area contributed by atoms with Crippen molar-refractivity contribution in [2.45, 2.75) is 38.9 Å². The summed E-state index contributed by atoms with van der Waals surface area (Å²) in [4.78, 5) is 0. The van der Waals surface area contributed by atoms with Crippen LogP contribution in [-0.4, -0.2) is 18.3 Å². The van der Waals surface area contributed by atoms with E-state index in [-0.39, 0.29) is 0 Å². The molecule has 0 atom stereocenters. The first-order valence-electron chi connectivity index (χ1n) is 8.03. The lowest BCUT2D eigenvalue weighted by Gasteiger charge is -2.32. The van der Waals surface area contributed by atoms with Crippen molar-refractivity contribution in [1.82, 2.24) is 0 Å². The van der Waals surface area contributed by atoms with Gasteiger partial charge in [-0.1, -0.05) is 24.3 Å². The number of benzene rings is 2. The summed E-state index contributed by atoms with van der Waals surface area (Å²) in [5.41, 5.74) is 1.88. The van der Waals surface area contributed by atoms with Gasteiger partial charge >= 0.3 is 7.12 Å². The Morgan fingerprint density at radius 3 is 2.29 bits per heavy atom. The summed E-state index contributed by atoms with van der Waals surface area (Å²) in [5, 5.41) is 11.4. The minimum Gasteiger partial charge on any atom is -0.455 e.